The number of hydrogen-bond donors (Lipinski definition) is 1. The Morgan fingerprint density at radius 2 is 2.19 bits per heavy atom. The Hall–Kier alpha value is -1.51. The SMILES string of the molecule is Cc1n[n+](CC(=O)CSc2nc3ccccc3s2)c(N)s1. The van der Waals surface area contributed by atoms with E-state index in [0.717, 1.165) is 19.6 Å². The minimum Gasteiger partial charge on any atom is -0.294 e. The number of nitrogens with zero attached hydrogens (tertiary/aromatic N) is 3. The van der Waals surface area contributed by atoms with Crippen molar-refractivity contribution in [2.45, 2.75) is 17.8 Å². The highest BCUT2D eigenvalue weighted by molar-refractivity contribution is 8.01. The van der Waals surface area contributed by atoms with E-state index in [9.17, 15) is 4.79 Å². The zero-order chi connectivity index (χ0) is 14.8. The van der Waals surface area contributed by atoms with Crippen LogP contribution in [-0.2, 0) is 11.3 Å². The average molecular weight is 337 g/mol. The van der Waals surface area contributed by atoms with Crippen molar-refractivity contribution in [3.63, 3.8) is 0 Å². The number of rotatable bonds is 5. The number of ketones is 1. The van der Waals surface area contributed by atoms with Gasteiger partial charge in [0.05, 0.1) is 16.0 Å². The van der Waals surface area contributed by atoms with Gasteiger partial charge in [0.1, 0.15) is 5.01 Å². The van der Waals surface area contributed by atoms with Gasteiger partial charge in [-0.2, -0.15) is 0 Å². The Balaban J connectivity index is 1.61. The van der Waals surface area contributed by atoms with Crippen LogP contribution in [-0.4, -0.2) is 21.6 Å². The molecule has 0 aliphatic heterocycles. The number of anilines is 1. The predicted octanol–water partition coefficient (Wildman–Crippen LogP) is 2.29. The van der Waals surface area contributed by atoms with Crippen LogP contribution >= 0.6 is 34.4 Å². The van der Waals surface area contributed by atoms with E-state index in [1.807, 2.05) is 31.2 Å². The smallest absolute Gasteiger partial charge is 0.294 e. The molecule has 0 aliphatic carbocycles. The number of fused-ring (bicyclic) bond motifs is 1. The quantitative estimate of drug-likeness (QED) is 0.571. The number of carbonyl (C=O) groups is 1. The molecule has 0 unspecified atom stereocenters. The van der Waals surface area contributed by atoms with Crippen molar-refractivity contribution in [3.05, 3.63) is 29.3 Å². The van der Waals surface area contributed by atoms with E-state index in [1.54, 1.807) is 16.0 Å². The highest BCUT2D eigenvalue weighted by Gasteiger charge is 2.16. The normalized spacial score (nSPS) is 11.1. The standard InChI is InChI=1S/C13H12N4OS3/c1-8-16-17(12(14)20-8)6-9(18)7-19-13-15-10-4-2-3-5-11(10)21-13/h2-5,14H,6-7H2,1H3/p+1. The number of aromatic nitrogens is 3. The molecule has 21 heavy (non-hydrogen) atoms. The zero-order valence-electron chi connectivity index (χ0n) is 11.3. The van der Waals surface area contributed by atoms with Crippen molar-refractivity contribution in [1.82, 2.24) is 10.1 Å². The van der Waals surface area contributed by atoms with E-state index in [1.165, 1.54) is 23.1 Å². The molecule has 0 spiro atoms. The maximum absolute atomic E-state index is 12.0. The third-order valence-electron chi connectivity index (χ3n) is 2.73. The number of carbonyl (C=O) groups excluding carboxylic acids is 1. The Bertz CT molecular complexity index is 763. The molecule has 0 bridgehead atoms. The molecule has 3 rings (SSSR count). The molecule has 1 aromatic carbocycles. The Labute approximate surface area is 133 Å². The topological polar surface area (TPSA) is 72.8 Å². The van der Waals surface area contributed by atoms with E-state index in [0.29, 0.717) is 10.9 Å². The minimum atomic E-state index is 0.0845. The van der Waals surface area contributed by atoms with E-state index in [4.69, 9.17) is 5.73 Å². The maximum Gasteiger partial charge on any atom is 0.354 e. The molecule has 5 nitrogen and oxygen atoms in total. The first kappa shape index (κ1) is 14.4. The molecule has 2 heterocycles. The van der Waals surface area contributed by atoms with Crippen LogP contribution in [0.3, 0.4) is 0 Å². The summed E-state index contributed by atoms with van der Waals surface area (Å²) in [6, 6.07) is 7.97. The third-order valence-corrected chi connectivity index (χ3v) is 5.76. The lowest BCUT2D eigenvalue weighted by molar-refractivity contribution is -0.724. The van der Waals surface area contributed by atoms with E-state index in [2.05, 4.69) is 10.1 Å². The van der Waals surface area contributed by atoms with Gasteiger partial charge in [-0.3, -0.25) is 10.5 Å². The summed E-state index contributed by atoms with van der Waals surface area (Å²) in [6.07, 6.45) is 0. The van der Waals surface area contributed by atoms with Crippen LogP contribution in [0.2, 0.25) is 0 Å². The fourth-order valence-corrected chi connectivity index (χ4v) is 4.39. The number of nitrogens with two attached hydrogens (primary N) is 1. The fraction of sp³-hybridized carbons (Fsp3) is 0.231. The molecular formula is C13H13N4OS3+. The van der Waals surface area contributed by atoms with E-state index < -0.39 is 0 Å². The van der Waals surface area contributed by atoms with Crippen LogP contribution in [0.4, 0.5) is 5.13 Å². The van der Waals surface area contributed by atoms with Gasteiger partial charge in [0, 0.05) is 0 Å². The van der Waals surface area contributed by atoms with Gasteiger partial charge >= 0.3 is 5.13 Å². The Morgan fingerprint density at radius 1 is 1.38 bits per heavy atom. The van der Waals surface area contributed by atoms with Crippen LogP contribution in [0.5, 0.6) is 0 Å². The molecular weight excluding hydrogens is 324 g/mol. The second kappa shape index (κ2) is 6.08. The summed E-state index contributed by atoms with van der Waals surface area (Å²) in [5.74, 6) is 0.462. The molecule has 8 heteroatoms. The second-order valence-electron chi connectivity index (χ2n) is 4.39. The first-order valence-corrected chi connectivity index (χ1v) is 8.87. The van der Waals surface area contributed by atoms with Gasteiger partial charge < -0.3 is 0 Å². The third kappa shape index (κ3) is 3.39. The monoisotopic (exact) mass is 337 g/mol. The number of aryl methyl sites for hydroxylation is 1. The van der Waals surface area contributed by atoms with Gasteiger partial charge in [0.15, 0.2) is 16.7 Å². The van der Waals surface area contributed by atoms with Crippen LogP contribution in [0.15, 0.2) is 28.6 Å². The van der Waals surface area contributed by atoms with Crippen LogP contribution in [0.25, 0.3) is 10.2 Å². The Morgan fingerprint density at radius 3 is 2.90 bits per heavy atom. The van der Waals surface area contributed by atoms with Crippen LogP contribution < -0.4 is 10.4 Å². The molecule has 0 saturated heterocycles. The fourth-order valence-electron chi connectivity index (χ4n) is 1.82. The zero-order valence-corrected chi connectivity index (χ0v) is 13.7. The van der Waals surface area contributed by atoms with Crippen molar-refractivity contribution in [2.75, 3.05) is 11.5 Å². The number of nitrogen functional groups attached to an aromatic ring is 1. The van der Waals surface area contributed by atoms with Gasteiger partial charge in [-0.15, -0.1) is 16.0 Å². The summed E-state index contributed by atoms with van der Waals surface area (Å²) in [5, 5.41) is 5.63. The number of para-hydroxylation sites is 1. The van der Waals surface area contributed by atoms with E-state index >= 15 is 0 Å². The molecule has 0 amide bonds. The van der Waals surface area contributed by atoms with E-state index in [-0.39, 0.29) is 12.3 Å². The Kier molecular flexibility index (Phi) is 4.18. The highest BCUT2D eigenvalue weighted by atomic mass is 32.2. The van der Waals surface area contributed by atoms with Crippen LogP contribution in [0, 0.1) is 6.92 Å². The first-order chi connectivity index (χ1) is 10.1. The van der Waals surface area contributed by atoms with Crippen molar-refractivity contribution in [3.8, 4) is 0 Å². The summed E-state index contributed by atoms with van der Waals surface area (Å²) < 4.78 is 3.61. The van der Waals surface area contributed by atoms with Gasteiger partial charge in [0.2, 0.25) is 0 Å². The molecule has 0 aliphatic rings. The molecule has 3 aromatic rings. The average Bonchev–Trinajstić information content (AvgIpc) is 2.99. The maximum atomic E-state index is 12.0. The summed E-state index contributed by atoms with van der Waals surface area (Å²) in [7, 11) is 0. The minimum absolute atomic E-state index is 0.0845. The largest absolute Gasteiger partial charge is 0.354 e. The van der Waals surface area contributed by atoms with Gasteiger partial charge in [-0.25, -0.2) is 4.98 Å². The summed E-state index contributed by atoms with van der Waals surface area (Å²) >= 11 is 4.46. The molecule has 2 N–H and O–H groups in total. The van der Waals surface area contributed by atoms with Crippen LogP contribution in [0.1, 0.15) is 5.01 Å². The molecule has 108 valence electrons. The van der Waals surface area contributed by atoms with Gasteiger partial charge in [-0.05, 0) is 30.4 Å². The molecule has 0 fully saturated rings. The van der Waals surface area contributed by atoms with Crippen molar-refractivity contribution < 1.29 is 9.48 Å². The molecule has 0 saturated carbocycles. The number of thiazole rings is 1. The lowest BCUT2D eigenvalue weighted by atomic mass is 10.3. The van der Waals surface area contributed by atoms with Crippen molar-refractivity contribution in [2.24, 2.45) is 0 Å². The number of benzene rings is 1. The molecule has 0 radical (unpaired) electrons. The lowest BCUT2D eigenvalue weighted by Crippen LogP contribution is -2.42. The number of hydrogen-bond acceptors (Lipinski definition) is 7. The molecule has 0 atom stereocenters. The molecule has 2 aromatic heterocycles. The van der Waals surface area contributed by atoms with Crippen molar-refractivity contribution >= 4 is 55.6 Å². The van der Waals surface area contributed by atoms with Gasteiger partial charge in [0.25, 0.3) is 0 Å². The van der Waals surface area contributed by atoms with Crippen molar-refractivity contribution in [1.29, 1.82) is 0 Å². The van der Waals surface area contributed by atoms with Gasteiger partial charge in [-0.1, -0.05) is 29.0 Å². The highest BCUT2D eigenvalue weighted by Crippen LogP contribution is 2.29. The second-order valence-corrected chi connectivity index (χ2v) is 7.86. The lowest BCUT2D eigenvalue weighted by Gasteiger charge is -1.96. The summed E-state index contributed by atoms with van der Waals surface area (Å²) in [4.78, 5) is 16.5. The summed E-state index contributed by atoms with van der Waals surface area (Å²) in [6.45, 7) is 2.09. The predicted molar refractivity (Wildman–Crippen MR) is 86.8 cm³/mol. The summed E-state index contributed by atoms with van der Waals surface area (Å²) in [5.41, 5.74) is 6.78. The first-order valence-electron chi connectivity index (χ1n) is 6.25. The number of thioether (sulfide) groups is 1. The number of Topliss-reactive ketones (excluding diaryl/α,β-unsaturated/α-hetero) is 1.